The Labute approximate surface area is 102 Å². The van der Waals surface area contributed by atoms with Crippen LogP contribution in [-0.4, -0.2) is 4.98 Å². The second-order valence-electron chi connectivity index (χ2n) is 3.24. The lowest BCUT2D eigenvalue weighted by Crippen LogP contribution is -1.95. The van der Waals surface area contributed by atoms with Gasteiger partial charge in [0.15, 0.2) is 0 Å². The number of rotatable bonds is 3. The molecule has 0 unspecified atom stereocenters. The Balaban J connectivity index is 2.18. The van der Waals surface area contributed by atoms with Gasteiger partial charge in [-0.2, -0.15) is 0 Å². The molecule has 0 aliphatic carbocycles. The Morgan fingerprint density at radius 1 is 1.19 bits per heavy atom. The first-order valence-corrected chi connectivity index (χ1v) is 5.66. The predicted octanol–water partition coefficient (Wildman–Crippen LogP) is 3.10. The first-order chi connectivity index (χ1) is 7.79. The summed E-state index contributed by atoms with van der Waals surface area (Å²) >= 11 is 3.37. The van der Waals surface area contributed by atoms with Gasteiger partial charge in [-0.15, -0.1) is 0 Å². The largest absolute Gasteiger partial charge is 0.438 e. The van der Waals surface area contributed by atoms with Gasteiger partial charge < -0.3 is 10.5 Å². The van der Waals surface area contributed by atoms with Crippen LogP contribution >= 0.6 is 15.9 Å². The van der Waals surface area contributed by atoms with Crippen LogP contribution in [0.3, 0.4) is 0 Å². The van der Waals surface area contributed by atoms with Gasteiger partial charge in [0.2, 0.25) is 5.88 Å². The smallest absolute Gasteiger partial charge is 0.233 e. The Hall–Kier alpha value is -1.39. The van der Waals surface area contributed by atoms with E-state index < -0.39 is 0 Å². The fraction of sp³-hybridized carbons (Fsp3) is 0.0833. The summed E-state index contributed by atoms with van der Waals surface area (Å²) < 4.78 is 6.44. The van der Waals surface area contributed by atoms with Crippen LogP contribution in [0.4, 0.5) is 0 Å². The van der Waals surface area contributed by atoms with Gasteiger partial charge in [-0.25, -0.2) is 4.98 Å². The van der Waals surface area contributed by atoms with Gasteiger partial charge >= 0.3 is 0 Å². The van der Waals surface area contributed by atoms with E-state index in [-0.39, 0.29) is 0 Å². The highest BCUT2D eigenvalue weighted by atomic mass is 79.9. The minimum Gasteiger partial charge on any atom is -0.438 e. The van der Waals surface area contributed by atoms with E-state index in [1.807, 2.05) is 36.4 Å². The monoisotopic (exact) mass is 278 g/mol. The van der Waals surface area contributed by atoms with Gasteiger partial charge in [0.1, 0.15) is 5.75 Å². The van der Waals surface area contributed by atoms with Crippen LogP contribution in [0.2, 0.25) is 0 Å². The van der Waals surface area contributed by atoms with Crippen molar-refractivity contribution in [2.75, 3.05) is 0 Å². The Morgan fingerprint density at radius 2 is 1.94 bits per heavy atom. The zero-order valence-corrected chi connectivity index (χ0v) is 10.1. The molecule has 0 spiro atoms. The van der Waals surface area contributed by atoms with Crippen LogP contribution < -0.4 is 10.5 Å². The standard InChI is InChI=1S/C12H11BrN2O/c13-11-2-1-7-15-12(11)16-10-5-3-9(8-14)4-6-10/h1-7H,8,14H2. The van der Waals surface area contributed by atoms with Crippen molar-refractivity contribution in [3.63, 3.8) is 0 Å². The zero-order chi connectivity index (χ0) is 11.4. The van der Waals surface area contributed by atoms with E-state index in [2.05, 4.69) is 20.9 Å². The maximum Gasteiger partial charge on any atom is 0.233 e. The molecule has 2 N–H and O–H groups in total. The van der Waals surface area contributed by atoms with Gasteiger partial charge in [-0.05, 0) is 45.8 Å². The average molecular weight is 279 g/mol. The van der Waals surface area contributed by atoms with Crippen molar-refractivity contribution in [3.8, 4) is 11.6 Å². The average Bonchev–Trinajstić information content (AvgIpc) is 2.33. The number of halogens is 1. The van der Waals surface area contributed by atoms with Crippen LogP contribution in [0, 0.1) is 0 Å². The highest BCUT2D eigenvalue weighted by Gasteiger charge is 2.02. The number of hydrogen-bond donors (Lipinski definition) is 1. The quantitative estimate of drug-likeness (QED) is 0.939. The highest BCUT2D eigenvalue weighted by molar-refractivity contribution is 9.10. The molecule has 0 aliphatic rings. The van der Waals surface area contributed by atoms with Crippen LogP contribution in [0.25, 0.3) is 0 Å². The molecule has 0 amide bonds. The molecule has 82 valence electrons. The number of aromatic nitrogens is 1. The van der Waals surface area contributed by atoms with Crippen LogP contribution in [-0.2, 0) is 6.54 Å². The normalized spacial score (nSPS) is 10.1. The third kappa shape index (κ3) is 2.59. The minimum atomic E-state index is 0.535. The minimum absolute atomic E-state index is 0.535. The van der Waals surface area contributed by atoms with Gasteiger partial charge in [0.25, 0.3) is 0 Å². The fourth-order valence-corrected chi connectivity index (χ4v) is 1.59. The molecular weight excluding hydrogens is 268 g/mol. The van der Waals surface area contributed by atoms with Gasteiger partial charge in [0.05, 0.1) is 4.47 Å². The number of benzene rings is 1. The first kappa shape index (κ1) is 11.1. The van der Waals surface area contributed by atoms with Crippen LogP contribution in [0.15, 0.2) is 47.1 Å². The van der Waals surface area contributed by atoms with Crippen molar-refractivity contribution in [3.05, 3.63) is 52.6 Å². The summed E-state index contributed by atoms with van der Waals surface area (Å²) in [4.78, 5) is 4.12. The Bertz CT molecular complexity index is 471. The number of pyridine rings is 1. The van der Waals surface area contributed by atoms with Crippen molar-refractivity contribution in [2.24, 2.45) is 5.73 Å². The zero-order valence-electron chi connectivity index (χ0n) is 8.56. The number of ether oxygens (including phenoxy) is 1. The molecule has 4 heteroatoms. The molecule has 1 aromatic heterocycles. The lowest BCUT2D eigenvalue weighted by atomic mass is 10.2. The molecule has 0 radical (unpaired) electrons. The molecule has 0 saturated carbocycles. The summed E-state index contributed by atoms with van der Waals surface area (Å²) in [7, 11) is 0. The molecule has 2 rings (SSSR count). The fourth-order valence-electron chi connectivity index (χ4n) is 1.25. The molecule has 1 aromatic carbocycles. The van der Waals surface area contributed by atoms with Crippen molar-refractivity contribution in [1.82, 2.24) is 4.98 Å². The lowest BCUT2D eigenvalue weighted by Gasteiger charge is -2.06. The molecule has 0 atom stereocenters. The Kier molecular flexibility index (Phi) is 3.54. The van der Waals surface area contributed by atoms with E-state index in [0.29, 0.717) is 12.4 Å². The molecule has 2 aromatic rings. The number of nitrogens with two attached hydrogens (primary N) is 1. The van der Waals surface area contributed by atoms with E-state index in [4.69, 9.17) is 10.5 Å². The topological polar surface area (TPSA) is 48.1 Å². The molecule has 3 nitrogen and oxygen atoms in total. The van der Waals surface area contributed by atoms with E-state index >= 15 is 0 Å². The van der Waals surface area contributed by atoms with E-state index in [0.717, 1.165) is 15.8 Å². The molecule has 0 aliphatic heterocycles. The molecule has 0 fully saturated rings. The maximum absolute atomic E-state index is 5.61. The van der Waals surface area contributed by atoms with Gasteiger partial charge in [-0.3, -0.25) is 0 Å². The summed E-state index contributed by atoms with van der Waals surface area (Å²) in [5.74, 6) is 1.31. The maximum atomic E-state index is 5.61. The molecule has 16 heavy (non-hydrogen) atoms. The number of hydrogen-bond acceptors (Lipinski definition) is 3. The SMILES string of the molecule is NCc1ccc(Oc2ncccc2Br)cc1. The van der Waals surface area contributed by atoms with Crippen molar-refractivity contribution in [2.45, 2.75) is 6.54 Å². The van der Waals surface area contributed by atoms with E-state index in [1.54, 1.807) is 6.20 Å². The van der Waals surface area contributed by atoms with Crippen molar-refractivity contribution < 1.29 is 4.74 Å². The second-order valence-corrected chi connectivity index (χ2v) is 4.09. The van der Waals surface area contributed by atoms with Crippen molar-refractivity contribution in [1.29, 1.82) is 0 Å². The summed E-state index contributed by atoms with van der Waals surface area (Å²) in [6.45, 7) is 0.535. The third-order valence-electron chi connectivity index (χ3n) is 2.10. The van der Waals surface area contributed by atoms with Gasteiger partial charge in [-0.1, -0.05) is 12.1 Å². The summed E-state index contributed by atoms with van der Waals surface area (Å²) in [5.41, 5.74) is 6.59. The number of nitrogens with zero attached hydrogens (tertiary/aromatic N) is 1. The summed E-state index contributed by atoms with van der Waals surface area (Å²) in [5, 5.41) is 0. The summed E-state index contributed by atoms with van der Waals surface area (Å²) in [6, 6.07) is 11.4. The van der Waals surface area contributed by atoms with Crippen molar-refractivity contribution >= 4 is 15.9 Å². The second kappa shape index (κ2) is 5.09. The van der Waals surface area contributed by atoms with Crippen LogP contribution in [0.5, 0.6) is 11.6 Å². The molecule has 0 bridgehead atoms. The van der Waals surface area contributed by atoms with Gasteiger partial charge in [0, 0.05) is 12.7 Å². The third-order valence-corrected chi connectivity index (χ3v) is 2.70. The lowest BCUT2D eigenvalue weighted by molar-refractivity contribution is 0.459. The predicted molar refractivity (Wildman–Crippen MR) is 66.3 cm³/mol. The van der Waals surface area contributed by atoms with Crippen LogP contribution in [0.1, 0.15) is 5.56 Å². The molecule has 1 heterocycles. The first-order valence-electron chi connectivity index (χ1n) is 4.87. The molecule has 0 saturated heterocycles. The van der Waals surface area contributed by atoms with E-state index in [1.165, 1.54) is 0 Å². The van der Waals surface area contributed by atoms with E-state index in [9.17, 15) is 0 Å². The highest BCUT2D eigenvalue weighted by Crippen LogP contribution is 2.26. The molecular formula is C12H11BrN2O. The Morgan fingerprint density at radius 3 is 2.56 bits per heavy atom. The summed E-state index contributed by atoms with van der Waals surface area (Å²) in [6.07, 6.45) is 1.69.